The molecule has 0 saturated heterocycles. The molecule has 0 aromatic carbocycles. The van der Waals surface area contributed by atoms with Crippen molar-refractivity contribution in [3.63, 3.8) is 0 Å². The molecule has 0 radical (unpaired) electrons. The molecule has 0 amide bonds. The van der Waals surface area contributed by atoms with Crippen LogP contribution in [-0.2, 0) is 7.05 Å². The molecular formula is C14H17N5S2. The molecule has 0 unspecified atom stereocenters. The maximum atomic E-state index is 4.66. The standard InChI is InChI=1S/C14H17N5S2/c1-4-5-15-13-17-11-10(8-9(2)20-11)12(18-13)21-14-16-6-7-19(14)3/h6-8H,4-5H2,1-3H3,(H,15,17,18). The third-order valence-electron chi connectivity index (χ3n) is 2.98. The highest BCUT2D eigenvalue weighted by molar-refractivity contribution is 7.99. The summed E-state index contributed by atoms with van der Waals surface area (Å²) in [5.74, 6) is 0.697. The molecule has 7 heteroatoms. The predicted molar refractivity (Wildman–Crippen MR) is 88.3 cm³/mol. The van der Waals surface area contributed by atoms with Crippen LogP contribution in [0.2, 0.25) is 0 Å². The van der Waals surface area contributed by atoms with E-state index in [0.717, 1.165) is 33.4 Å². The number of thiophene rings is 1. The Bertz CT molecular complexity index is 762. The second-order valence-corrected chi connectivity index (χ2v) is 6.97. The number of aromatic nitrogens is 4. The van der Waals surface area contributed by atoms with Crippen molar-refractivity contribution >= 4 is 39.3 Å². The number of rotatable bonds is 5. The predicted octanol–water partition coefficient (Wildman–Crippen LogP) is 3.71. The molecule has 21 heavy (non-hydrogen) atoms. The number of hydrogen-bond donors (Lipinski definition) is 1. The fourth-order valence-electron chi connectivity index (χ4n) is 1.95. The lowest BCUT2D eigenvalue weighted by Crippen LogP contribution is -2.04. The van der Waals surface area contributed by atoms with Gasteiger partial charge >= 0.3 is 0 Å². The Kier molecular flexibility index (Phi) is 4.12. The quantitative estimate of drug-likeness (QED) is 0.727. The van der Waals surface area contributed by atoms with Crippen molar-refractivity contribution in [1.29, 1.82) is 0 Å². The molecule has 0 spiro atoms. The first-order chi connectivity index (χ1) is 10.2. The minimum Gasteiger partial charge on any atom is -0.354 e. The first kappa shape index (κ1) is 14.3. The third kappa shape index (κ3) is 3.03. The number of anilines is 1. The highest BCUT2D eigenvalue weighted by Crippen LogP contribution is 2.34. The molecule has 5 nitrogen and oxygen atoms in total. The van der Waals surface area contributed by atoms with E-state index in [0.29, 0.717) is 5.95 Å². The van der Waals surface area contributed by atoms with Crippen LogP contribution in [0.25, 0.3) is 10.2 Å². The van der Waals surface area contributed by atoms with Crippen molar-refractivity contribution in [3.05, 3.63) is 23.3 Å². The van der Waals surface area contributed by atoms with Crippen LogP contribution in [0, 0.1) is 6.92 Å². The van der Waals surface area contributed by atoms with E-state index in [4.69, 9.17) is 0 Å². The van der Waals surface area contributed by atoms with Gasteiger partial charge in [0.25, 0.3) is 0 Å². The zero-order chi connectivity index (χ0) is 14.8. The number of aryl methyl sites for hydroxylation is 2. The first-order valence-electron chi connectivity index (χ1n) is 6.84. The minimum atomic E-state index is 0.697. The van der Waals surface area contributed by atoms with Crippen molar-refractivity contribution in [2.24, 2.45) is 7.05 Å². The van der Waals surface area contributed by atoms with Crippen LogP contribution < -0.4 is 5.32 Å². The molecular weight excluding hydrogens is 302 g/mol. The molecule has 3 rings (SSSR count). The summed E-state index contributed by atoms with van der Waals surface area (Å²) in [7, 11) is 1.99. The van der Waals surface area contributed by atoms with Crippen LogP contribution >= 0.6 is 23.1 Å². The van der Waals surface area contributed by atoms with Gasteiger partial charge in [-0.3, -0.25) is 0 Å². The van der Waals surface area contributed by atoms with Crippen LogP contribution in [0.4, 0.5) is 5.95 Å². The zero-order valence-corrected chi connectivity index (χ0v) is 13.9. The summed E-state index contributed by atoms with van der Waals surface area (Å²) in [6, 6.07) is 2.15. The van der Waals surface area contributed by atoms with E-state index in [1.165, 1.54) is 4.88 Å². The van der Waals surface area contributed by atoms with E-state index in [2.05, 4.69) is 40.2 Å². The van der Waals surface area contributed by atoms with Gasteiger partial charge in [0.15, 0.2) is 5.16 Å². The first-order valence-corrected chi connectivity index (χ1v) is 8.48. The van der Waals surface area contributed by atoms with Gasteiger partial charge in [0.1, 0.15) is 9.86 Å². The lowest BCUT2D eigenvalue weighted by Gasteiger charge is -2.07. The molecule has 3 aromatic heterocycles. The maximum Gasteiger partial charge on any atom is 0.225 e. The molecule has 3 heterocycles. The largest absolute Gasteiger partial charge is 0.354 e. The monoisotopic (exact) mass is 319 g/mol. The Morgan fingerprint density at radius 3 is 2.95 bits per heavy atom. The molecule has 0 aliphatic heterocycles. The number of nitrogens with one attached hydrogen (secondary N) is 1. The summed E-state index contributed by atoms with van der Waals surface area (Å²) >= 11 is 3.28. The third-order valence-corrected chi connectivity index (χ3v) is 5.00. The Hall–Kier alpha value is -1.60. The molecule has 0 bridgehead atoms. The van der Waals surface area contributed by atoms with Gasteiger partial charge in [0.05, 0.1) is 0 Å². The van der Waals surface area contributed by atoms with E-state index >= 15 is 0 Å². The SMILES string of the molecule is CCCNc1nc(Sc2nccn2C)c2cc(C)sc2n1. The number of hydrogen-bond acceptors (Lipinski definition) is 6. The highest BCUT2D eigenvalue weighted by atomic mass is 32.2. The van der Waals surface area contributed by atoms with Gasteiger partial charge in [-0.15, -0.1) is 11.3 Å². The highest BCUT2D eigenvalue weighted by Gasteiger charge is 2.13. The lowest BCUT2D eigenvalue weighted by molar-refractivity contribution is 0.789. The normalized spacial score (nSPS) is 11.2. The fourth-order valence-corrected chi connectivity index (χ4v) is 3.78. The molecule has 3 aromatic rings. The van der Waals surface area contributed by atoms with Crippen LogP contribution in [0.3, 0.4) is 0 Å². The molecule has 0 aliphatic carbocycles. The van der Waals surface area contributed by atoms with E-state index in [-0.39, 0.29) is 0 Å². The topological polar surface area (TPSA) is 55.6 Å². The van der Waals surface area contributed by atoms with Crippen molar-refractivity contribution in [2.45, 2.75) is 30.5 Å². The summed E-state index contributed by atoms with van der Waals surface area (Å²) in [5.41, 5.74) is 0. The van der Waals surface area contributed by atoms with Gasteiger partial charge in [-0.1, -0.05) is 6.92 Å². The Labute approximate surface area is 131 Å². The summed E-state index contributed by atoms with van der Waals surface area (Å²) < 4.78 is 2.00. The number of nitrogens with zero attached hydrogens (tertiary/aromatic N) is 4. The smallest absolute Gasteiger partial charge is 0.225 e. The maximum absolute atomic E-state index is 4.66. The summed E-state index contributed by atoms with van der Waals surface area (Å²) in [4.78, 5) is 15.9. The second-order valence-electron chi connectivity index (χ2n) is 4.78. The Balaban J connectivity index is 2.03. The molecule has 0 aliphatic rings. The van der Waals surface area contributed by atoms with Gasteiger partial charge in [-0.05, 0) is 31.2 Å². The van der Waals surface area contributed by atoms with Crippen molar-refractivity contribution in [1.82, 2.24) is 19.5 Å². The molecule has 0 atom stereocenters. The average Bonchev–Trinajstić information content (AvgIpc) is 3.02. The van der Waals surface area contributed by atoms with E-state index in [1.54, 1.807) is 29.3 Å². The van der Waals surface area contributed by atoms with Crippen molar-refractivity contribution < 1.29 is 0 Å². The summed E-state index contributed by atoms with van der Waals surface area (Å²) in [6.07, 6.45) is 4.79. The van der Waals surface area contributed by atoms with E-state index < -0.39 is 0 Å². The molecule has 110 valence electrons. The van der Waals surface area contributed by atoms with Gasteiger partial charge < -0.3 is 9.88 Å². The van der Waals surface area contributed by atoms with E-state index in [9.17, 15) is 0 Å². The summed E-state index contributed by atoms with van der Waals surface area (Å²) in [6.45, 7) is 5.10. The Morgan fingerprint density at radius 2 is 2.24 bits per heavy atom. The van der Waals surface area contributed by atoms with Crippen LogP contribution in [-0.4, -0.2) is 26.1 Å². The molecule has 0 saturated carbocycles. The van der Waals surface area contributed by atoms with Crippen LogP contribution in [0.1, 0.15) is 18.2 Å². The van der Waals surface area contributed by atoms with Crippen molar-refractivity contribution in [3.8, 4) is 0 Å². The van der Waals surface area contributed by atoms with Gasteiger partial charge in [-0.25, -0.2) is 15.0 Å². The Morgan fingerprint density at radius 1 is 1.38 bits per heavy atom. The molecule has 0 fully saturated rings. The number of fused-ring (bicyclic) bond motifs is 1. The summed E-state index contributed by atoms with van der Waals surface area (Å²) in [5, 5.41) is 6.27. The minimum absolute atomic E-state index is 0.697. The van der Waals surface area contributed by atoms with Gasteiger partial charge in [0.2, 0.25) is 5.95 Å². The number of imidazole rings is 1. The zero-order valence-electron chi connectivity index (χ0n) is 12.3. The fraction of sp³-hybridized carbons (Fsp3) is 0.357. The van der Waals surface area contributed by atoms with Crippen LogP contribution in [0.15, 0.2) is 28.6 Å². The second kappa shape index (κ2) is 6.03. The van der Waals surface area contributed by atoms with Crippen molar-refractivity contribution in [2.75, 3.05) is 11.9 Å². The van der Waals surface area contributed by atoms with Crippen LogP contribution in [0.5, 0.6) is 0 Å². The van der Waals surface area contributed by atoms with Gasteiger partial charge in [0, 0.05) is 36.2 Å². The average molecular weight is 319 g/mol. The molecule has 1 N–H and O–H groups in total. The van der Waals surface area contributed by atoms with E-state index in [1.807, 2.05) is 17.8 Å². The van der Waals surface area contributed by atoms with Gasteiger partial charge in [-0.2, -0.15) is 0 Å². The lowest BCUT2D eigenvalue weighted by atomic mass is 10.4.